The summed E-state index contributed by atoms with van der Waals surface area (Å²) in [5, 5.41) is 0. The first-order valence-corrected chi connectivity index (χ1v) is 6.98. The van der Waals surface area contributed by atoms with Crippen LogP contribution in [0.1, 0.15) is 5.56 Å². The topological polar surface area (TPSA) is 44.5 Å². The number of ether oxygens (including phenoxy) is 2. The molecule has 2 aromatic carbocycles. The minimum Gasteiger partial charge on any atom is -0.490 e. The Labute approximate surface area is 125 Å². The third-order valence-electron chi connectivity index (χ3n) is 2.69. The maximum absolute atomic E-state index is 13.3. The molecule has 5 heteroatoms. The normalized spacial score (nSPS) is 10.3. The van der Waals surface area contributed by atoms with Crippen LogP contribution in [-0.2, 0) is 6.54 Å². The SMILES string of the molecule is NCc1ccccc1OCCOc1ccc(Br)c(F)c1. The van der Waals surface area contributed by atoms with Gasteiger partial charge >= 0.3 is 0 Å². The summed E-state index contributed by atoms with van der Waals surface area (Å²) in [4.78, 5) is 0. The summed E-state index contributed by atoms with van der Waals surface area (Å²) in [5.74, 6) is 0.874. The van der Waals surface area contributed by atoms with Gasteiger partial charge in [0.1, 0.15) is 30.5 Å². The van der Waals surface area contributed by atoms with Gasteiger partial charge < -0.3 is 15.2 Å². The summed E-state index contributed by atoms with van der Waals surface area (Å²) in [6.45, 7) is 1.13. The zero-order valence-electron chi connectivity index (χ0n) is 10.8. The zero-order chi connectivity index (χ0) is 14.4. The van der Waals surface area contributed by atoms with Crippen molar-refractivity contribution in [2.45, 2.75) is 6.54 Å². The van der Waals surface area contributed by atoms with Gasteiger partial charge in [0.2, 0.25) is 0 Å². The molecule has 0 fully saturated rings. The third-order valence-corrected chi connectivity index (χ3v) is 3.34. The summed E-state index contributed by atoms with van der Waals surface area (Å²) in [6.07, 6.45) is 0. The van der Waals surface area contributed by atoms with Gasteiger partial charge in [-0.3, -0.25) is 0 Å². The van der Waals surface area contributed by atoms with Crippen LogP contribution in [0.25, 0.3) is 0 Å². The number of rotatable bonds is 6. The van der Waals surface area contributed by atoms with Crippen LogP contribution in [0.15, 0.2) is 46.9 Å². The maximum atomic E-state index is 13.3. The second-order valence-corrected chi connectivity index (χ2v) is 4.94. The minimum atomic E-state index is -0.350. The number of benzene rings is 2. The summed E-state index contributed by atoms with van der Waals surface area (Å²) >= 11 is 3.09. The molecule has 2 rings (SSSR count). The molecule has 0 radical (unpaired) electrons. The molecule has 2 aromatic rings. The molecule has 0 aliphatic heterocycles. The molecule has 0 heterocycles. The van der Waals surface area contributed by atoms with E-state index in [2.05, 4.69) is 15.9 Å². The van der Waals surface area contributed by atoms with E-state index in [-0.39, 0.29) is 5.82 Å². The Bertz CT molecular complexity index is 578. The highest BCUT2D eigenvalue weighted by Gasteiger charge is 2.03. The van der Waals surface area contributed by atoms with E-state index in [1.807, 2.05) is 24.3 Å². The van der Waals surface area contributed by atoms with E-state index in [0.717, 1.165) is 11.3 Å². The summed E-state index contributed by atoms with van der Waals surface area (Å²) in [6, 6.07) is 12.2. The molecule has 2 N–H and O–H groups in total. The second-order valence-electron chi connectivity index (χ2n) is 4.08. The summed E-state index contributed by atoms with van der Waals surface area (Å²) < 4.78 is 24.7. The molecule has 0 unspecified atom stereocenters. The maximum Gasteiger partial charge on any atom is 0.141 e. The lowest BCUT2D eigenvalue weighted by molar-refractivity contribution is 0.215. The first-order chi connectivity index (χ1) is 9.70. The lowest BCUT2D eigenvalue weighted by Gasteiger charge is -2.11. The molecule has 0 aliphatic carbocycles. The van der Waals surface area contributed by atoms with Crippen molar-refractivity contribution in [3.05, 3.63) is 58.3 Å². The third kappa shape index (κ3) is 3.95. The van der Waals surface area contributed by atoms with Crippen LogP contribution in [0.4, 0.5) is 4.39 Å². The van der Waals surface area contributed by atoms with Gasteiger partial charge in [-0.15, -0.1) is 0 Å². The van der Waals surface area contributed by atoms with Crippen molar-refractivity contribution < 1.29 is 13.9 Å². The van der Waals surface area contributed by atoms with Crippen LogP contribution < -0.4 is 15.2 Å². The van der Waals surface area contributed by atoms with Crippen molar-refractivity contribution in [1.82, 2.24) is 0 Å². The van der Waals surface area contributed by atoms with Gasteiger partial charge in [-0.25, -0.2) is 4.39 Å². The predicted octanol–water partition coefficient (Wildman–Crippen LogP) is 3.50. The number of hydrogen-bond acceptors (Lipinski definition) is 3. The van der Waals surface area contributed by atoms with Crippen LogP contribution in [0.5, 0.6) is 11.5 Å². The Hall–Kier alpha value is -1.59. The second kappa shape index (κ2) is 7.26. The van der Waals surface area contributed by atoms with E-state index < -0.39 is 0 Å². The average Bonchev–Trinajstić information content (AvgIpc) is 2.47. The fourth-order valence-electron chi connectivity index (χ4n) is 1.69. The molecule has 106 valence electrons. The molecule has 0 saturated heterocycles. The molecule has 0 amide bonds. The number of para-hydroxylation sites is 1. The first-order valence-electron chi connectivity index (χ1n) is 6.19. The van der Waals surface area contributed by atoms with E-state index in [1.54, 1.807) is 12.1 Å². The highest BCUT2D eigenvalue weighted by atomic mass is 79.9. The van der Waals surface area contributed by atoms with Crippen LogP contribution in [-0.4, -0.2) is 13.2 Å². The largest absolute Gasteiger partial charge is 0.490 e. The van der Waals surface area contributed by atoms with Crippen LogP contribution in [0.3, 0.4) is 0 Å². The summed E-state index contributed by atoms with van der Waals surface area (Å²) in [7, 11) is 0. The fourth-order valence-corrected chi connectivity index (χ4v) is 1.94. The molecule has 0 spiro atoms. The molecule has 0 aliphatic rings. The van der Waals surface area contributed by atoms with Crippen LogP contribution in [0, 0.1) is 5.82 Å². The molecule has 20 heavy (non-hydrogen) atoms. The van der Waals surface area contributed by atoms with E-state index in [0.29, 0.717) is 30.0 Å². The van der Waals surface area contributed by atoms with Crippen molar-refractivity contribution in [2.75, 3.05) is 13.2 Å². The van der Waals surface area contributed by atoms with Gasteiger partial charge in [0, 0.05) is 18.2 Å². The lowest BCUT2D eigenvalue weighted by atomic mass is 10.2. The highest BCUT2D eigenvalue weighted by Crippen LogP contribution is 2.21. The lowest BCUT2D eigenvalue weighted by Crippen LogP contribution is -2.11. The Kier molecular flexibility index (Phi) is 5.38. The van der Waals surface area contributed by atoms with Gasteiger partial charge in [-0.1, -0.05) is 18.2 Å². The van der Waals surface area contributed by atoms with Gasteiger partial charge in [0.15, 0.2) is 0 Å². The molecular formula is C15H15BrFNO2. The monoisotopic (exact) mass is 339 g/mol. The molecule has 0 bridgehead atoms. The Morgan fingerprint density at radius 3 is 2.55 bits per heavy atom. The molecule has 0 saturated carbocycles. The van der Waals surface area contributed by atoms with E-state index in [4.69, 9.17) is 15.2 Å². The van der Waals surface area contributed by atoms with Gasteiger partial charge in [0.25, 0.3) is 0 Å². The zero-order valence-corrected chi connectivity index (χ0v) is 12.4. The highest BCUT2D eigenvalue weighted by molar-refractivity contribution is 9.10. The predicted molar refractivity (Wildman–Crippen MR) is 79.4 cm³/mol. The quantitative estimate of drug-likeness (QED) is 0.819. The van der Waals surface area contributed by atoms with E-state index in [9.17, 15) is 4.39 Å². The van der Waals surface area contributed by atoms with Crippen molar-refractivity contribution in [1.29, 1.82) is 0 Å². The van der Waals surface area contributed by atoms with E-state index >= 15 is 0 Å². The molecule has 3 nitrogen and oxygen atoms in total. The van der Waals surface area contributed by atoms with Crippen molar-refractivity contribution in [3.8, 4) is 11.5 Å². The Morgan fingerprint density at radius 1 is 1.05 bits per heavy atom. The first kappa shape index (κ1) is 14.8. The Balaban J connectivity index is 1.83. The molecular weight excluding hydrogens is 325 g/mol. The van der Waals surface area contributed by atoms with Crippen LogP contribution in [0.2, 0.25) is 0 Å². The molecule has 0 atom stereocenters. The van der Waals surface area contributed by atoms with E-state index in [1.165, 1.54) is 6.07 Å². The Morgan fingerprint density at radius 2 is 1.80 bits per heavy atom. The summed E-state index contributed by atoms with van der Waals surface area (Å²) in [5.41, 5.74) is 6.57. The number of hydrogen-bond donors (Lipinski definition) is 1. The van der Waals surface area contributed by atoms with Crippen molar-refractivity contribution in [3.63, 3.8) is 0 Å². The fraction of sp³-hybridized carbons (Fsp3) is 0.200. The van der Waals surface area contributed by atoms with Crippen molar-refractivity contribution >= 4 is 15.9 Å². The van der Waals surface area contributed by atoms with Crippen LogP contribution >= 0.6 is 15.9 Å². The smallest absolute Gasteiger partial charge is 0.141 e. The van der Waals surface area contributed by atoms with Gasteiger partial charge in [0.05, 0.1) is 4.47 Å². The molecule has 0 aromatic heterocycles. The van der Waals surface area contributed by atoms with Gasteiger partial charge in [-0.2, -0.15) is 0 Å². The average molecular weight is 340 g/mol. The minimum absolute atomic E-state index is 0.333. The number of nitrogens with two attached hydrogens (primary N) is 1. The van der Waals surface area contributed by atoms with Gasteiger partial charge in [-0.05, 0) is 34.1 Å². The van der Waals surface area contributed by atoms with Crippen molar-refractivity contribution in [2.24, 2.45) is 5.73 Å². The number of halogens is 2. The standard InChI is InChI=1S/C15H15BrFNO2/c16-13-6-5-12(9-14(13)17)19-7-8-20-15-4-2-1-3-11(15)10-18/h1-6,9H,7-8,10,18H2.